The van der Waals surface area contributed by atoms with Crippen LogP contribution in [0.1, 0.15) is 25.8 Å². The van der Waals surface area contributed by atoms with E-state index >= 15 is 0 Å². The first kappa shape index (κ1) is 16.7. The van der Waals surface area contributed by atoms with E-state index in [1.165, 1.54) is 0 Å². The van der Waals surface area contributed by atoms with Gasteiger partial charge in [0.15, 0.2) is 0 Å². The molecule has 2 N–H and O–H groups in total. The summed E-state index contributed by atoms with van der Waals surface area (Å²) in [5.41, 5.74) is -0.239. The molecule has 1 heterocycles. The molecule has 5 heteroatoms. The van der Waals surface area contributed by atoms with Gasteiger partial charge in [-0.3, -0.25) is 4.79 Å². The van der Waals surface area contributed by atoms with Crippen molar-refractivity contribution < 1.29 is 9.90 Å². The SMILES string of the molecule is CC(C)(Cc1cccc(Cl)c1)C(=O)NC[C@]1(O)CCSC1. The smallest absolute Gasteiger partial charge is 0.226 e. The van der Waals surface area contributed by atoms with E-state index in [9.17, 15) is 9.90 Å². The van der Waals surface area contributed by atoms with Crippen LogP contribution in [-0.4, -0.2) is 34.7 Å². The number of nitrogens with one attached hydrogen (secondary N) is 1. The van der Waals surface area contributed by atoms with Crippen LogP contribution >= 0.6 is 23.4 Å². The van der Waals surface area contributed by atoms with E-state index in [-0.39, 0.29) is 5.91 Å². The molecule has 1 atom stereocenters. The second kappa shape index (κ2) is 6.59. The first-order chi connectivity index (χ1) is 9.81. The third-order valence-electron chi connectivity index (χ3n) is 3.81. The van der Waals surface area contributed by atoms with Gasteiger partial charge in [0.2, 0.25) is 5.91 Å². The first-order valence-electron chi connectivity index (χ1n) is 7.14. The zero-order chi connectivity index (χ0) is 15.5. The number of benzene rings is 1. The minimum Gasteiger partial charge on any atom is -0.387 e. The zero-order valence-electron chi connectivity index (χ0n) is 12.5. The van der Waals surface area contributed by atoms with Crippen LogP contribution in [0.2, 0.25) is 5.02 Å². The van der Waals surface area contributed by atoms with Crippen molar-refractivity contribution in [3.63, 3.8) is 0 Å². The summed E-state index contributed by atoms with van der Waals surface area (Å²) in [7, 11) is 0. The van der Waals surface area contributed by atoms with Gasteiger partial charge in [-0.05, 0) is 36.3 Å². The minimum absolute atomic E-state index is 0.0344. The van der Waals surface area contributed by atoms with Gasteiger partial charge in [-0.2, -0.15) is 11.8 Å². The summed E-state index contributed by atoms with van der Waals surface area (Å²) in [5.74, 6) is 1.62. The van der Waals surface area contributed by atoms with Gasteiger partial charge in [0.25, 0.3) is 0 Å². The lowest BCUT2D eigenvalue weighted by molar-refractivity contribution is -0.130. The predicted molar refractivity (Wildman–Crippen MR) is 88.8 cm³/mol. The Hall–Kier alpha value is -0.710. The van der Waals surface area contributed by atoms with Gasteiger partial charge >= 0.3 is 0 Å². The maximum absolute atomic E-state index is 12.4. The molecule has 1 aromatic carbocycles. The number of carbonyl (C=O) groups excluding carboxylic acids is 1. The summed E-state index contributed by atoms with van der Waals surface area (Å²) in [6.07, 6.45) is 1.36. The number of carbonyl (C=O) groups is 1. The monoisotopic (exact) mass is 327 g/mol. The Labute approximate surface area is 135 Å². The zero-order valence-corrected chi connectivity index (χ0v) is 14.1. The molecule has 0 bridgehead atoms. The fourth-order valence-corrected chi connectivity index (χ4v) is 3.97. The Morgan fingerprint density at radius 2 is 2.29 bits per heavy atom. The topological polar surface area (TPSA) is 49.3 Å². The Bertz CT molecular complexity index is 513. The first-order valence-corrected chi connectivity index (χ1v) is 8.67. The molecule has 0 aliphatic carbocycles. The van der Waals surface area contributed by atoms with E-state index in [1.54, 1.807) is 11.8 Å². The molecular formula is C16H22ClNO2S. The highest BCUT2D eigenvalue weighted by Crippen LogP contribution is 2.28. The molecule has 0 unspecified atom stereocenters. The number of hydrogen-bond acceptors (Lipinski definition) is 3. The molecule has 0 aromatic heterocycles. The van der Waals surface area contributed by atoms with Crippen LogP contribution in [0, 0.1) is 5.41 Å². The maximum Gasteiger partial charge on any atom is 0.226 e. The van der Waals surface area contributed by atoms with E-state index < -0.39 is 11.0 Å². The van der Waals surface area contributed by atoms with Crippen LogP contribution in [0.3, 0.4) is 0 Å². The molecule has 1 aliphatic heterocycles. The second-order valence-electron chi connectivity index (χ2n) is 6.40. The molecule has 0 radical (unpaired) electrons. The van der Waals surface area contributed by atoms with Crippen molar-refractivity contribution in [1.29, 1.82) is 0 Å². The molecular weight excluding hydrogens is 306 g/mol. The Morgan fingerprint density at radius 3 is 2.90 bits per heavy atom. The second-order valence-corrected chi connectivity index (χ2v) is 7.94. The molecule has 1 aliphatic rings. The summed E-state index contributed by atoms with van der Waals surface area (Å²) in [4.78, 5) is 12.4. The number of thioether (sulfide) groups is 1. The standard InChI is InChI=1S/C16H22ClNO2S/c1-15(2,9-12-4-3-5-13(17)8-12)14(19)18-10-16(20)6-7-21-11-16/h3-5,8,20H,6-7,9-11H2,1-2H3,(H,18,19)/t16-/m1/s1. The quantitative estimate of drug-likeness (QED) is 0.874. The van der Waals surface area contributed by atoms with Gasteiger partial charge < -0.3 is 10.4 Å². The largest absolute Gasteiger partial charge is 0.387 e. The van der Waals surface area contributed by atoms with Crippen molar-refractivity contribution in [3.05, 3.63) is 34.9 Å². The van der Waals surface area contributed by atoms with Crippen molar-refractivity contribution in [3.8, 4) is 0 Å². The van der Waals surface area contributed by atoms with Crippen molar-refractivity contribution >= 4 is 29.3 Å². The Morgan fingerprint density at radius 1 is 1.52 bits per heavy atom. The molecule has 1 fully saturated rings. The van der Waals surface area contributed by atoms with E-state index in [4.69, 9.17) is 11.6 Å². The van der Waals surface area contributed by atoms with Crippen molar-refractivity contribution in [2.24, 2.45) is 5.41 Å². The normalized spacial score (nSPS) is 22.3. The molecule has 0 saturated carbocycles. The van der Waals surface area contributed by atoms with Crippen LogP contribution in [0.5, 0.6) is 0 Å². The number of aliphatic hydroxyl groups is 1. The summed E-state index contributed by atoms with van der Waals surface area (Å²) in [6.45, 7) is 4.16. The van der Waals surface area contributed by atoms with Crippen LogP contribution in [0.15, 0.2) is 24.3 Å². The molecule has 116 valence electrons. The molecule has 1 amide bonds. The number of rotatable bonds is 5. The Kier molecular flexibility index (Phi) is 5.23. The highest BCUT2D eigenvalue weighted by Gasteiger charge is 2.34. The molecule has 21 heavy (non-hydrogen) atoms. The molecule has 1 saturated heterocycles. The summed E-state index contributed by atoms with van der Waals surface area (Å²) in [5, 5.41) is 13.9. The highest BCUT2D eigenvalue weighted by atomic mass is 35.5. The van der Waals surface area contributed by atoms with Crippen molar-refractivity contribution in [1.82, 2.24) is 5.32 Å². The van der Waals surface area contributed by atoms with Gasteiger partial charge in [-0.15, -0.1) is 0 Å². The van der Waals surface area contributed by atoms with Crippen LogP contribution < -0.4 is 5.32 Å². The third kappa shape index (κ3) is 4.63. The van der Waals surface area contributed by atoms with E-state index in [0.29, 0.717) is 23.7 Å². The maximum atomic E-state index is 12.4. The summed E-state index contributed by atoms with van der Waals surface area (Å²) >= 11 is 7.71. The highest BCUT2D eigenvalue weighted by molar-refractivity contribution is 7.99. The lowest BCUT2D eigenvalue weighted by Gasteiger charge is -2.27. The van der Waals surface area contributed by atoms with Gasteiger partial charge in [0, 0.05) is 22.7 Å². The van der Waals surface area contributed by atoms with Crippen LogP contribution in [0.4, 0.5) is 0 Å². The lowest BCUT2D eigenvalue weighted by atomic mass is 9.84. The van der Waals surface area contributed by atoms with Gasteiger partial charge in [0.05, 0.1) is 5.60 Å². The number of hydrogen-bond donors (Lipinski definition) is 2. The van der Waals surface area contributed by atoms with Gasteiger partial charge in [-0.25, -0.2) is 0 Å². The van der Waals surface area contributed by atoms with Crippen molar-refractivity contribution in [2.75, 3.05) is 18.1 Å². The Balaban J connectivity index is 1.93. The number of halogens is 1. The van der Waals surface area contributed by atoms with Gasteiger partial charge in [0.1, 0.15) is 0 Å². The fraction of sp³-hybridized carbons (Fsp3) is 0.562. The predicted octanol–water partition coefficient (Wildman–Crippen LogP) is 2.89. The molecule has 0 spiro atoms. The fourth-order valence-electron chi connectivity index (χ4n) is 2.46. The molecule has 2 rings (SSSR count). The number of amides is 1. The van der Waals surface area contributed by atoms with Crippen molar-refractivity contribution in [2.45, 2.75) is 32.3 Å². The van der Waals surface area contributed by atoms with Crippen LogP contribution in [0.25, 0.3) is 0 Å². The average molecular weight is 328 g/mol. The molecule has 1 aromatic rings. The summed E-state index contributed by atoms with van der Waals surface area (Å²) < 4.78 is 0. The molecule has 3 nitrogen and oxygen atoms in total. The van der Waals surface area contributed by atoms with Gasteiger partial charge in [-0.1, -0.05) is 37.6 Å². The minimum atomic E-state index is -0.744. The lowest BCUT2D eigenvalue weighted by Crippen LogP contribution is -2.47. The van der Waals surface area contributed by atoms with E-state index in [0.717, 1.165) is 17.7 Å². The van der Waals surface area contributed by atoms with Crippen LogP contribution in [-0.2, 0) is 11.2 Å². The average Bonchev–Trinajstić information content (AvgIpc) is 2.83. The van der Waals surface area contributed by atoms with E-state index in [2.05, 4.69) is 5.32 Å². The van der Waals surface area contributed by atoms with E-state index in [1.807, 2.05) is 38.1 Å². The third-order valence-corrected chi connectivity index (χ3v) is 5.28. The summed E-state index contributed by atoms with van der Waals surface area (Å²) in [6, 6.07) is 7.58.